The number of anilines is 1. The fraction of sp³-hybridized carbons (Fsp3) is 0.625. The van der Waals surface area contributed by atoms with E-state index in [0.29, 0.717) is 18.0 Å². The zero-order valence-corrected chi connectivity index (χ0v) is 13.3. The molecule has 2 nitrogen and oxygen atoms in total. The minimum absolute atomic E-state index is 0.179. The molecular formula is C16H22BrFN2. The second-order valence-electron chi connectivity index (χ2n) is 6.03. The monoisotopic (exact) mass is 340 g/mol. The Morgan fingerprint density at radius 2 is 2.00 bits per heavy atom. The Hall–Kier alpha value is -0.610. The summed E-state index contributed by atoms with van der Waals surface area (Å²) in [7, 11) is 0. The highest BCUT2D eigenvalue weighted by molar-refractivity contribution is 9.10. The van der Waals surface area contributed by atoms with Gasteiger partial charge in [0.25, 0.3) is 0 Å². The molecule has 1 aliphatic carbocycles. The molecule has 3 atom stereocenters. The van der Waals surface area contributed by atoms with Gasteiger partial charge in [-0.05, 0) is 72.3 Å². The van der Waals surface area contributed by atoms with Gasteiger partial charge in [0.05, 0.1) is 5.69 Å². The number of benzene rings is 1. The quantitative estimate of drug-likeness (QED) is 0.856. The average molecular weight is 341 g/mol. The van der Waals surface area contributed by atoms with Crippen LogP contribution in [0.4, 0.5) is 10.1 Å². The van der Waals surface area contributed by atoms with Crippen molar-refractivity contribution < 1.29 is 4.39 Å². The Labute approximate surface area is 128 Å². The molecule has 1 heterocycles. The lowest BCUT2D eigenvalue weighted by molar-refractivity contribution is 0.262. The van der Waals surface area contributed by atoms with Gasteiger partial charge in [0.1, 0.15) is 5.82 Å². The van der Waals surface area contributed by atoms with Crippen LogP contribution in [0.3, 0.4) is 0 Å². The van der Waals surface area contributed by atoms with Crippen LogP contribution in [0, 0.1) is 11.7 Å². The lowest BCUT2D eigenvalue weighted by Gasteiger charge is -2.37. The van der Waals surface area contributed by atoms with Crippen LogP contribution in [0.1, 0.15) is 38.5 Å². The molecule has 0 radical (unpaired) electrons. The summed E-state index contributed by atoms with van der Waals surface area (Å²) in [5.74, 6) is 0.489. The van der Waals surface area contributed by atoms with Crippen molar-refractivity contribution in [1.82, 2.24) is 5.32 Å². The number of rotatable bonds is 3. The predicted octanol–water partition coefficient (Wildman–Crippen LogP) is 4.31. The van der Waals surface area contributed by atoms with Crippen molar-refractivity contribution >= 4 is 21.6 Å². The molecular weight excluding hydrogens is 319 g/mol. The minimum atomic E-state index is -0.179. The van der Waals surface area contributed by atoms with Gasteiger partial charge in [-0.25, -0.2) is 4.39 Å². The third-order valence-electron chi connectivity index (χ3n) is 4.70. The standard InChI is InChI=1S/C16H22BrFN2/c17-13-8-7-11(18)10-16(13)20-15-5-2-1-4-12(15)14-6-3-9-19-14/h7-8,10,12,14-15,19-20H,1-6,9H2. The predicted molar refractivity (Wildman–Crippen MR) is 84.5 cm³/mol. The van der Waals surface area contributed by atoms with E-state index in [2.05, 4.69) is 26.6 Å². The third-order valence-corrected chi connectivity index (χ3v) is 5.40. The highest BCUT2D eigenvalue weighted by atomic mass is 79.9. The number of hydrogen-bond donors (Lipinski definition) is 2. The van der Waals surface area contributed by atoms with Crippen molar-refractivity contribution in [2.45, 2.75) is 50.6 Å². The van der Waals surface area contributed by atoms with Crippen LogP contribution >= 0.6 is 15.9 Å². The van der Waals surface area contributed by atoms with Crippen LogP contribution in [0.2, 0.25) is 0 Å². The summed E-state index contributed by atoms with van der Waals surface area (Å²) in [5.41, 5.74) is 0.889. The molecule has 2 fully saturated rings. The molecule has 2 N–H and O–H groups in total. The topological polar surface area (TPSA) is 24.1 Å². The Kier molecular flexibility index (Phi) is 4.61. The zero-order chi connectivity index (χ0) is 13.9. The molecule has 1 saturated carbocycles. The van der Waals surface area contributed by atoms with Gasteiger partial charge in [-0.15, -0.1) is 0 Å². The van der Waals surface area contributed by atoms with E-state index in [1.54, 1.807) is 12.1 Å². The van der Waals surface area contributed by atoms with Crippen LogP contribution < -0.4 is 10.6 Å². The lowest BCUT2D eigenvalue weighted by Crippen LogP contribution is -2.43. The van der Waals surface area contributed by atoms with E-state index in [-0.39, 0.29) is 5.82 Å². The third kappa shape index (κ3) is 3.17. The Balaban J connectivity index is 1.74. The van der Waals surface area contributed by atoms with Gasteiger partial charge >= 0.3 is 0 Å². The van der Waals surface area contributed by atoms with Crippen LogP contribution in [0.25, 0.3) is 0 Å². The largest absolute Gasteiger partial charge is 0.381 e. The maximum Gasteiger partial charge on any atom is 0.125 e. The summed E-state index contributed by atoms with van der Waals surface area (Å²) in [6.07, 6.45) is 7.64. The van der Waals surface area contributed by atoms with Crippen molar-refractivity contribution in [2.75, 3.05) is 11.9 Å². The number of nitrogens with one attached hydrogen (secondary N) is 2. The molecule has 1 saturated heterocycles. The molecule has 2 aliphatic rings. The summed E-state index contributed by atoms with van der Waals surface area (Å²) >= 11 is 3.52. The fourth-order valence-electron chi connectivity index (χ4n) is 3.71. The van der Waals surface area contributed by atoms with Gasteiger partial charge in [-0.2, -0.15) is 0 Å². The highest BCUT2D eigenvalue weighted by Crippen LogP contribution is 2.34. The second-order valence-corrected chi connectivity index (χ2v) is 6.88. The molecule has 0 amide bonds. The first-order chi connectivity index (χ1) is 9.74. The van der Waals surface area contributed by atoms with Crippen molar-refractivity contribution in [1.29, 1.82) is 0 Å². The Morgan fingerprint density at radius 3 is 2.80 bits per heavy atom. The number of halogens is 2. The summed E-state index contributed by atoms with van der Waals surface area (Å²) in [6, 6.07) is 5.96. The van der Waals surface area contributed by atoms with Gasteiger partial charge < -0.3 is 10.6 Å². The molecule has 0 aromatic heterocycles. The molecule has 3 rings (SSSR count). The van der Waals surface area contributed by atoms with Crippen LogP contribution in [0.15, 0.2) is 22.7 Å². The lowest BCUT2D eigenvalue weighted by atomic mass is 9.79. The van der Waals surface area contributed by atoms with Gasteiger partial charge in [0, 0.05) is 16.6 Å². The maximum absolute atomic E-state index is 13.4. The first-order valence-electron chi connectivity index (χ1n) is 7.69. The van der Waals surface area contributed by atoms with Gasteiger partial charge in [-0.1, -0.05) is 12.8 Å². The van der Waals surface area contributed by atoms with E-state index in [1.165, 1.54) is 44.6 Å². The highest BCUT2D eigenvalue weighted by Gasteiger charge is 2.33. The normalized spacial score (nSPS) is 30.4. The summed E-state index contributed by atoms with van der Waals surface area (Å²) in [5, 5.41) is 7.23. The maximum atomic E-state index is 13.4. The van der Waals surface area contributed by atoms with E-state index in [9.17, 15) is 4.39 Å². The van der Waals surface area contributed by atoms with Crippen LogP contribution in [0.5, 0.6) is 0 Å². The molecule has 3 unspecified atom stereocenters. The Morgan fingerprint density at radius 1 is 1.15 bits per heavy atom. The molecule has 1 aromatic carbocycles. The first kappa shape index (κ1) is 14.3. The molecule has 1 aromatic rings. The summed E-state index contributed by atoms with van der Waals surface area (Å²) < 4.78 is 14.4. The van der Waals surface area contributed by atoms with E-state index >= 15 is 0 Å². The SMILES string of the molecule is Fc1ccc(Br)c(NC2CCCCC2C2CCCN2)c1. The average Bonchev–Trinajstić information content (AvgIpc) is 2.97. The van der Waals surface area contributed by atoms with Crippen molar-refractivity contribution in [3.8, 4) is 0 Å². The molecule has 20 heavy (non-hydrogen) atoms. The molecule has 110 valence electrons. The summed E-state index contributed by atoms with van der Waals surface area (Å²) in [4.78, 5) is 0. The van der Waals surface area contributed by atoms with Crippen molar-refractivity contribution in [2.24, 2.45) is 5.92 Å². The zero-order valence-electron chi connectivity index (χ0n) is 11.7. The fourth-order valence-corrected chi connectivity index (χ4v) is 4.07. The van der Waals surface area contributed by atoms with Crippen molar-refractivity contribution in [3.05, 3.63) is 28.5 Å². The first-order valence-corrected chi connectivity index (χ1v) is 8.48. The van der Waals surface area contributed by atoms with Gasteiger partial charge in [0.15, 0.2) is 0 Å². The number of hydrogen-bond acceptors (Lipinski definition) is 2. The minimum Gasteiger partial charge on any atom is -0.381 e. The van der Waals surface area contributed by atoms with E-state index in [0.717, 1.165) is 16.7 Å². The molecule has 0 bridgehead atoms. The van der Waals surface area contributed by atoms with E-state index < -0.39 is 0 Å². The van der Waals surface area contributed by atoms with Crippen molar-refractivity contribution in [3.63, 3.8) is 0 Å². The second kappa shape index (κ2) is 6.44. The molecule has 4 heteroatoms. The van der Waals surface area contributed by atoms with Gasteiger partial charge in [-0.3, -0.25) is 0 Å². The molecule has 1 aliphatic heterocycles. The summed E-state index contributed by atoms with van der Waals surface area (Å²) in [6.45, 7) is 1.15. The smallest absolute Gasteiger partial charge is 0.125 e. The van der Waals surface area contributed by atoms with E-state index in [1.807, 2.05) is 0 Å². The van der Waals surface area contributed by atoms with E-state index in [4.69, 9.17) is 0 Å². The Bertz CT molecular complexity index is 460. The molecule has 0 spiro atoms. The van der Waals surface area contributed by atoms with Gasteiger partial charge in [0.2, 0.25) is 0 Å². The van der Waals surface area contributed by atoms with Crippen LogP contribution in [-0.4, -0.2) is 18.6 Å². The van der Waals surface area contributed by atoms with Crippen LogP contribution in [-0.2, 0) is 0 Å².